The van der Waals surface area contributed by atoms with Crippen LogP contribution in [0.25, 0.3) is 0 Å². The molecule has 0 saturated heterocycles. The zero-order valence-electron chi connectivity index (χ0n) is 21.1. The van der Waals surface area contributed by atoms with E-state index in [1.165, 1.54) is 64.2 Å². The normalized spacial score (nSPS) is 23.7. The van der Waals surface area contributed by atoms with E-state index in [1.54, 1.807) is 16.7 Å². The molecule has 0 spiro atoms. The standard InChI is InChI=1S/C20H31N.C7H16.CH4O/c1-3-4-5-15-6-7-17-13-18(9-8-16(17)12-15)19-10-11-20(14-19)21-2;1-5-7(4)6(2)3;1-2/h8-9,13,15,19-21H,3-7,10-12,14H2,1-2H3;6-7H,5H2,1-4H3;2H,1H3/t15-,19?,20+;;/m0../s1. The predicted molar refractivity (Wildman–Crippen MR) is 133 cm³/mol. The average Bonchev–Trinajstić information content (AvgIpc) is 3.27. The molecule has 0 radical (unpaired) electrons. The van der Waals surface area contributed by atoms with E-state index in [9.17, 15) is 0 Å². The second kappa shape index (κ2) is 15.0. The lowest BCUT2D eigenvalue weighted by molar-refractivity contribution is 0.399. The lowest BCUT2D eigenvalue weighted by Gasteiger charge is -2.26. The summed E-state index contributed by atoms with van der Waals surface area (Å²) in [6, 6.07) is 8.18. The lowest BCUT2D eigenvalue weighted by atomic mass is 9.80. The van der Waals surface area contributed by atoms with Crippen molar-refractivity contribution in [2.24, 2.45) is 17.8 Å². The van der Waals surface area contributed by atoms with Crippen LogP contribution in [0.2, 0.25) is 0 Å². The van der Waals surface area contributed by atoms with E-state index in [2.05, 4.69) is 65.2 Å². The number of hydrogen-bond acceptors (Lipinski definition) is 2. The van der Waals surface area contributed by atoms with Crippen LogP contribution in [0.1, 0.15) is 109 Å². The van der Waals surface area contributed by atoms with Crippen LogP contribution in [0.15, 0.2) is 18.2 Å². The highest BCUT2D eigenvalue weighted by atomic mass is 16.2. The van der Waals surface area contributed by atoms with Gasteiger partial charge < -0.3 is 10.4 Å². The van der Waals surface area contributed by atoms with Gasteiger partial charge in [-0.1, -0.05) is 78.5 Å². The van der Waals surface area contributed by atoms with Crippen LogP contribution in [0.4, 0.5) is 0 Å². The van der Waals surface area contributed by atoms with Crippen molar-refractivity contribution in [3.63, 3.8) is 0 Å². The number of aliphatic hydroxyl groups is 1. The molecule has 1 fully saturated rings. The van der Waals surface area contributed by atoms with E-state index in [0.29, 0.717) is 0 Å². The molecule has 2 aliphatic rings. The largest absolute Gasteiger partial charge is 0.400 e. The highest BCUT2D eigenvalue weighted by molar-refractivity contribution is 5.36. The molecule has 0 aromatic heterocycles. The monoisotopic (exact) mass is 417 g/mol. The molecule has 4 atom stereocenters. The van der Waals surface area contributed by atoms with Gasteiger partial charge in [0, 0.05) is 13.2 Å². The molecule has 3 rings (SSSR count). The fourth-order valence-corrected chi connectivity index (χ4v) is 4.86. The Hall–Kier alpha value is -0.860. The topological polar surface area (TPSA) is 32.3 Å². The van der Waals surface area contributed by atoms with Gasteiger partial charge in [0.2, 0.25) is 0 Å². The summed E-state index contributed by atoms with van der Waals surface area (Å²) in [6.07, 6.45) is 13.6. The molecule has 2 aliphatic carbocycles. The minimum atomic E-state index is 0.740. The summed E-state index contributed by atoms with van der Waals surface area (Å²) in [4.78, 5) is 0. The molecule has 1 aromatic rings. The van der Waals surface area contributed by atoms with Gasteiger partial charge in [-0.25, -0.2) is 0 Å². The summed E-state index contributed by atoms with van der Waals surface area (Å²) in [7, 11) is 3.11. The van der Waals surface area contributed by atoms with Gasteiger partial charge in [0.15, 0.2) is 0 Å². The molecule has 2 N–H and O–H groups in total. The van der Waals surface area contributed by atoms with Gasteiger partial charge in [-0.05, 0) is 85.9 Å². The summed E-state index contributed by atoms with van der Waals surface area (Å²) in [6.45, 7) is 11.4. The van der Waals surface area contributed by atoms with Gasteiger partial charge in [0.25, 0.3) is 0 Å². The number of benzene rings is 1. The molecule has 0 aliphatic heterocycles. The zero-order valence-corrected chi connectivity index (χ0v) is 21.1. The van der Waals surface area contributed by atoms with Gasteiger partial charge in [-0.3, -0.25) is 0 Å². The lowest BCUT2D eigenvalue weighted by Crippen LogP contribution is -2.21. The Morgan fingerprint density at radius 2 is 1.77 bits per heavy atom. The van der Waals surface area contributed by atoms with E-state index in [1.807, 2.05) is 0 Å². The van der Waals surface area contributed by atoms with E-state index >= 15 is 0 Å². The van der Waals surface area contributed by atoms with Crippen LogP contribution in [0, 0.1) is 17.8 Å². The number of fused-ring (bicyclic) bond motifs is 1. The van der Waals surface area contributed by atoms with E-state index in [-0.39, 0.29) is 0 Å². The second-order valence-electron chi connectivity index (χ2n) is 9.90. The molecule has 1 aromatic carbocycles. The summed E-state index contributed by atoms with van der Waals surface area (Å²) in [5.74, 6) is 3.51. The number of nitrogens with one attached hydrogen (secondary N) is 1. The molecule has 0 heterocycles. The van der Waals surface area contributed by atoms with E-state index in [4.69, 9.17) is 5.11 Å². The minimum absolute atomic E-state index is 0.740. The maximum Gasteiger partial charge on any atom is 0.0319 e. The fourth-order valence-electron chi connectivity index (χ4n) is 4.86. The van der Waals surface area contributed by atoms with Gasteiger partial charge >= 0.3 is 0 Å². The Kier molecular flexibility index (Phi) is 13.6. The molecule has 0 amide bonds. The first kappa shape index (κ1) is 27.2. The Morgan fingerprint density at radius 3 is 2.30 bits per heavy atom. The molecular weight excluding hydrogens is 366 g/mol. The van der Waals surface area contributed by atoms with Gasteiger partial charge in [-0.15, -0.1) is 0 Å². The summed E-state index contributed by atoms with van der Waals surface area (Å²) >= 11 is 0. The van der Waals surface area contributed by atoms with E-state index < -0.39 is 0 Å². The fraction of sp³-hybridized carbons (Fsp3) is 0.786. The van der Waals surface area contributed by atoms with Crippen molar-refractivity contribution in [3.05, 3.63) is 34.9 Å². The Balaban J connectivity index is 0.000000428. The molecule has 0 bridgehead atoms. The second-order valence-corrected chi connectivity index (χ2v) is 9.90. The van der Waals surface area contributed by atoms with Crippen LogP contribution in [0.5, 0.6) is 0 Å². The number of hydrogen-bond donors (Lipinski definition) is 2. The maximum atomic E-state index is 7.00. The first-order valence-corrected chi connectivity index (χ1v) is 12.7. The Labute approximate surface area is 188 Å². The van der Waals surface area contributed by atoms with Crippen LogP contribution >= 0.6 is 0 Å². The van der Waals surface area contributed by atoms with Gasteiger partial charge in [0.05, 0.1) is 0 Å². The number of aryl methyl sites for hydroxylation is 1. The summed E-state index contributed by atoms with van der Waals surface area (Å²) in [5.41, 5.74) is 4.92. The molecule has 30 heavy (non-hydrogen) atoms. The van der Waals surface area contributed by atoms with E-state index in [0.717, 1.165) is 36.8 Å². The van der Waals surface area contributed by atoms with Crippen LogP contribution < -0.4 is 5.32 Å². The first-order valence-electron chi connectivity index (χ1n) is 12.7. The summed E-state index contributed by atoms with van der Waals surface area (Å²) < 4.78 is 0. The Morgan fingerprint density at radius 1 is 1.03 bits per heavy atom. The minimum Gasteiger partial charge on any atom is -0.400 e. The van der Waals surface area contributed by atoms with Gasteiger partial charge in [0.1, 0.15) is 0 Å². The number of aliphatic hydroxyl groups excluding tert-OH is 1. The molecule has 2 nitrogen and oxygen atoms in total. The van der Waals surface area contributed by atoms with Crippen molar-refractivity contribution < 1.29 is 5.11 Å². The molecule has 2 heteroatoms. The molecular formula is C28H51NO. The highest BCUT2D eigenvalue weighted by Gasteiger charge is 2.26. The van der Waals surface area contributed by atoms with Gasteiger partial charge in [-0.2, -0.15) is 0 Å². The maximum absolute atomic E-state index is 7.00. The predicted octanol–water partition coefficient (Wildman–Crippen LogP) is 7.13. The van der Waals surface area contributed by atoms with Crippen molar-refractivity contribution in [2.45, 2.75) is 111 Å². The smallest absolute Gasteiger partial charge is 0.0319 e. The van der Waals surface area contributed by atoms with Crippen LogP contribution in [-0.4, -0.2) is 25.3 Å². The molecule has 174 valence electrons. The number of unbranched alkanes of at least 4 members (excludes halogenated alkanes) is 1. The van der Waals surface area contributed by atoms with Crippen molar-refractivity contribution in [3.8, 4) is 0 Å². The zero-order chi connectivity index (χ0) is 22.5. The van der Waals surface area contributed by atoms with Crippen molar-refractivity contribution in [1.82, 2.24) is 5.32 Å². The molecule has 1 saturated carbocycles. The van der Waals surface area contributed by atoms with Crippen LogP contribution in [-0.2, 0) is 12.8 Å². The third kappa shape index (κ3) is 8.71. The average molecular weight is 418 g/mol. The third-order valence-corrected chi connectivity index (χ3v) is 7.62. The van der Waals surface area contributed by atoms with Crippen molar-refractivity contribution >= 4 is 0 Å². The van der Waals surface area contributed by atoms with Crippen LogP contribution in [0.3, 0.4) is 0 Å². The van der Waals surface area contributed by atoms with Crippen molar-refractivity contribution in [1.29, 1.82) is 0 Å². The number of rotatable bonds is 7. The highest BCUT2D eigenvalue weighted by Crippen LogP contribution is 2.37. The SMILES string of the molecule is CCC(C)C(C)C.CCCC[C@H]1CCc2cc(C3CC[C@@H](NC)C3)ccc2C1.CO. The van der Waals surface area contributed by atoms with Crippen molar-refractivity contribution in [2.75, 3.05) is 14.2 Å². The Bertz CT molecular complexity index is 568. The summed E-state index contributed by atoms with van der Waals surface area (Å²) in [5, 5.41) is 10.5. The molecule has 2 unspecified atom stereocenters. The quantitative estimate of drug-likeness (QED) is 0.494. The third-order valence-electron chi connectivity index (χ3n) is 7.62. The first-order chi connectivity index (χ1) is 14.5.